The molecule has 0 radical (unpaired) electrons. The lowest BCUT2D eigenvalue weighted by Gasteiger charge is -2.32. The second-order valence-corrected chi connectivity index (χ2v) is 5.88. The maximum Gasteiger partial charge on any atom is 0.123 e. The number of carbonyl (C=O) groups excluding carboxylic acids is 1. The van der Waals surface area contributed by atoms with Gasteiger partial charge in [0.15, 0.2) is 0 Å². The van der Waals surface area contributed by atoms with Gasteiger partial charge in [0.1, 0.15) is 6.29 Å². The van der Waals surface area contributed by atoms with E-state index in [1.165, 1.54) is 38.6 Å². The fourth-order valence-electron chi connectivity index (χ4n) is 3.15. The van der Waals surface area contributed by atoms with Crippen LogP contribution in [0.2, 0.25) is 0 Å². The minimum atomic E-state index is 0.332. The summed E-state index contributed by atoms with van der Waals surface area (Å²) in [7, 11) is 0. The summed E-state index contributed by atoms with van der Waals surface area (Å²) in [5, 5.41) is 0. The molecule has 0 spiro atoms. The van der Waals surface area contributed by atoms with Crippen molar-refractivity contribution in [3.05, 3.63) is 0 Å². The van der Waals surface area contributed by atoms with Crippen LogP contribution in [0.4, 0.5) is 0 Å². The summed E-state index contributed by atoms with van der Waals surface area (Å²) in [6.45, 7) is 3.47. The molecule has 0 unspecified atom stereocenters. The third-order valence-corrected chi connectivity index (χ3v) is 4.57. The van der Waals surface area contributed by atoms with Crippen molar-refractivity contribution in [2.24, 2.45) is 17.6 Å². The second-order valence-electron chi connectivity index (χ2n) is 5.88. The number of likely N-dealkylation sites (tertiary alicyclic amines) is 1. The number of aldehydes is 1. The summed E-state index contributed by atoms with van der Waals surface area (Å²) in [5.41, 5.74) is 5.92. The molecule has 0 aromatic carbocycles. The van der Waals surface area contributed by atoms with Crippen molar-refractivity contribution in [1.29, 1.82) is 0 Å². The van der Waals surface area contributed by atoms with Crippen molar-refractivity contribution in [2.45, 2.75) is 51.0 Å². The van der Waals surface area contributed by atoms with E-state index < -0.39 is 0 Å². The fourth-order valence-corrected chi connectivity index (χ4v) is 3.15. The van der Waals surface area contributed by atoms with E-state index >= 15 is 0 Å². The summed E-state index contributed by atoms with van der Waals surface area (Å²) in [4.78, 5) is 13.2. The highest BCUT2D eigenvalue weighted by Crippen LogP contribution is 2.26. The number of carbonyl (C=O) groups is 1. The molecule has 0 aromatic heterocycles. The fraction of sp³-hybridized carbons (Fsp3) is 0.929. The van der Waals surface area contributed by atoms with E-state index in [1.54, 1.807) is 0 Å². The van der Waals surface area contributed by atoms with Crippen LogP contribution < -0.4 is 5.73 Å². The molecular formula is C14H26N2O. The van der Waals surface area contributed by atoms with Crippen LogP contribution in [0.15, 0.2) is 0 Å². The van der Waals surface area contributed by atoms with Crippen LogP contribution in [0.1, 0.15) is 44.9 Å². The van der Waals surface area contributed by atoms with Crippen LogP contribution in [-0.2, 0) is 4.79 Å². The third kappa shape index (κ3) is 4.07. The Labute approximate surface area is 105 Å². The Balaban J connectivity index is 1.61. The zero-order valence-corrected chi connectivity index (χ0v) is 10.8. The van der Waals surface area contributed by atoms with Crippen LogP contribution in [-0.4, -0.2) is 36.9 Å². The lowest BCUT2D eigenvalue weighted by atomic mass is 9.84. The molecule has 3 heteroatoms. The molecule has 2 aliphatic rings. The normalized spacial score (nSPS) is 32.5. The van der Waals surface area contributed by atoms with E-state index in [9.17, 15) is 4.79 Å². The average molecular weight is 238 g/mol. The van der Waals surface area contributed by atoms with Gasteiger partial charge < -0.3 is 15.4 Å². The zero-order valence-electron chi connectivity index (χ0n) is 10.8. The van der Waals surface area contributed by atoms with Gasteiger partial charge in [0.05, 0.1) is 0 Å². The Morgan fingerprint density at radius 3 is 2.29 bits per heavy atom. The van der Waals surface area contributed by atoms with Gasteiger partial charge in [-0.25, -0.2) is 0 Å². The molecule has 1 saturated carbocycles. The van der Waals surface area contributed by atoms with Gasteiger partial charge in [0, 0.05) is 12.0 Å². The molecular weight excluding hydrogens is 212 g/mol. The largest absolute Gasteiger partial charge is 0.328 e. The van der Waals surface area contributed by atoms with Gasteiger partial charge in [-0.15, -0.1) is 0 Å². The molecule has 1 aliphatic heterocycles. The maximum absolute atomic E-state index is 10.7. The van der Waals surface area contributed by atoms with Crippen molar-refractivity contribution >= 4 is 6.29 Å². The van der Waals surface area contributed by atoms with Crippen LogP contribution >= 0.6 is 0 Å². The van der Waals surface area contributed by atoms with Crippen molar-refractivity contribution < 1.29 is 4.79 Å². The van der Waals surface area contributed by atoms with Gasteiger partial charge in [-0.3, -0.25) is 0 Å². The van der Waals surface area contributed by atoms with Gasteiger partial charge in [0.25, 0.3) is 0 Å². The van der Waals surface area contributed by atoms with Gasteiger partial charge in [-0.2, -0.15) is 0 Å². The second kappa shape index (κ2) is 6.50. The minimum absolute atomic E-state index is 0.332. The Kier molecular flexibility index (Phi) is 4.99. The number of rotatable bonds is 4. The van der Waals surface area contributed by atoms with Crippen LogP contribution in [0, 0.1) is 11.8 Å². The molecule has 2 rings (SSSR count). The summed E-state index contributed by atoms with van der Waals surface area (Å²) >= 11 is 0. The van der Waals surface area contributed by atoms with Gasteiger partial charge in [0.2, 0.25) is 0 Å². The Hall–Kier alpha value is -0.410. The maximum atomic E-state index is 10.7. The molecule has 2 N–H and O–H groups in total. The Morgan fingerprint density at radius 1 is 1.06 bits per heavy atom. The van der Waals surface area contributed by atoms with Crippen molar-refractivity contribution in [2.75, 3.05) is 19.6 Å². The smallest absolute Gasteiger partial charge is 0.123 e. The van der Waals surface area contributed by atoms with Crippen molar-refractivity contribution in [3.8, 4) is 0 Å². The first-order valence-corrected chi connectivity index (χ1v) is 7.21. The summed E-state index contributed by atoms with van der Waals surface area (Å²) in [5.74, 6) is 1.23. The van der Waals surface area contributed by atoms with Crippen molar-refractivity contribution in [1.82, 2.24) is 4.90 Å². The number of nitrogens with zero attached hydrogens (tertiary/aromatic N) is 1. The highest BCUT2D eigenvalue weighted by molar-refractivity contribution is 5.53. The lowest BCUT2D eigenvalue weighted by Crippen LogP contribution is -2.36. The van der Waals surface area contributed by atoms with Gasteiger partial charge in [-0.05, 0) is 70.5 Å². The number of hydrogen-bond acceptors (Lipinski definition) is 3. The van der Waals surface area contributed by atoms with E-state index in [-0.39, 0.29) is 0 Å². The Bertz CT molecular complexity index is 228. The monoisotopic (exact) mass is 238 g/mol. The van der Waals surface area contributed by atoms with Crippen LogP contribution in [0.3, 0.4) is 0 Å². The molecule has 1 heterocycles. The first-order chi connectivity index (χ1) is 8.28. The first kappa shape index (κ1) is 13.0. The molecule has 2 fully saturated rings. The average Bonchev–Trinajstić information content (AvgIpc) is 2.39. The van der Waals surface area contributed by atoms with E-state index in [4.69, 9.17) is 5.73 Å². The third-order valence-electron chi connectivity index (χ3n) is 4.57. The predicted molar refractivity (Wildman–Crippen MR) is 69.8 cm³/mol. The highest BCUT2D eigenvalue weighted by Gasteiger charge is 2.21. The van der Waals surface area contributed by atoms with E-state index in [2.05, 4.69) is 4.90 Å². The first-order valence-electron chi connectivity index (χ1n) is 7.21. The summed E-state index contributed by atoms with van der Waals surface area (Å²) in [6.07, 6.45) is 9.70. The zero-order chi connectivity index (χ0) is 12.1. The van der Waals surface area contributed by atoms with Crippen LogP contribution in [0.25, 0.3) is 0 Å². The standard InChI is InChI=1S/C14H26N2O/c15-14-3-1-12(2-4-14)5-8-16-9-6-13(11-17)7-10-16/h11-14H,1-10,15H2. The highest BCUT2D eigenvalue weighted by atomic mass is 16.1. The van der Waals surface area contributed by atoms with Gasteiger partial charge >= 0.3 is 0 Å². The molecule has 0 atom stereocenters. The SMILES string of the molecule is NC1CCC(CCN2CCC(C=O)CC2)CC1. The predicted octanol–water partition coefficient (Wildman–Crippen LogP) is 1.80. The molecule has 3 nitrogen and oxygen atoms in total. The number of piperidine rings is 1. The quantitative estimate of drug-likeness (QED) is 0.760. The minimum Gasteiger partial charge on any atom is -0.328 e. The lowest BCUT2D eigenvalue weighted by molar-refractivity contribution is -0.112. The number of hydrogen-bond donors (Lipinski definition) is 1. The molecule has 0 aromatic rings. The number of nitrogens with two attached hydrogens (primary N) is 1. The van der Waals surface area contributed by atoms with Crippen LogP contribution in [0.5, 0.6) is 0 Å². The topological polar surface area (TPSA) is 46.3 Å². The summed E-state index contributed by atoms with van der Waals surface area (Å²) < 4.78 is 0. The van der Waals surface area contributed by atoms with E-state index in [1.807, 2.05) is 0 Å². The Morgan fingerprint density at radius 2 is 1.71 bits per heavy atom. The van der Waals surface area contributed by atoms with E-state index in [0.717, 1.165) is 38.1 Å². The summed E-state index contributed by atoms with van der Waals surface area (Å²) in [6, 6.07) is 0.467. The van der Waals surface area contributed by atoms with Crippen molar-refractivity contribution in [3.63, 3.8) is 0 Å². The molecule has 0 bridgehead atoms. The molecule has 1 saturated heterocycles. The molecule has 98 valence electrons. The molecule has 0 amide bonds. The van der Waals surface area contributed by atoms with E-state index in [0.29, 0.717) is 12.0 Å². The molecule has 17 heavy (non-hydrogen) atoms. The van der Waals surface area contributed by atoms with Gasteiger partial charge in [-0.1, -0.05) is 0 Å². The molecule has 1 aliphatic carbocycles.